The van der Waals surface area contributed by atoms with Crippen molar-refractivity contribution in [3.05, 3.63) is 62.5 Å². The van der Waals surface area contributed by atoms with Crippen LogP contribution in [0.3, 0.4) is 0 Å². The topological polar surface area (TPSA) is 42.1 Å². The van der Waals surface area contributed by atoms with Gasteiger partial charge in [0.15, 0.2) is 5.43 Å². The predicted molar refractivity (Wildman–Crippen MR) is 67.9 cm³/mol. The molecular formula is C12H9Cl2NO2. The number of H-pyrrole nitrogens is 1. The molecule has 0 aliphatic carbocycles. The zero-order valence-corrected chi connectivity index (χ0v) is 10.3. The summed E-state index contributed by atoms with van der Waals surface area (Å²) in [5.74, 6) is 0.528. The van der Waals surface area contributed by atoms with E-state index in [-0.39, 0.29) is 12.0 Å². The van der Waals surface area contributed by atoms with E-state index in [4.69, 9.17) is 27.9 Å². The van der Waals surface area contributed by atoms with Crippen LogP contribution in [0.25, 0.3) is 0 Å². The van der Waals surface area contributed by atoms with Crippen molar-refractivity contribution in [2.75, 3.05) is 0 Å². The van der Waals surface area contributed by atoms with Gasteiger partial charge in [0.25, 0.3) is 0 Å². The van der Waals surface area contributed by atoms with Crippen molar-refractivity contribution in [3.63, 3.8) is 0 Å². The first-order chi connectivity index (χ1) is 8.15. The molecular weight excluding hydrogens is 261 g/mol. The highest BCUT2D eigenvalue weighted by Crippen LogP contribution is 2.27. The summed E-state index contributed by atoms with van der Waals surface area (Å²) in [6, 6.07) is 7.90. The Morgan fingerprint density at radius 1 is 1.18 bits per heavy atom. The number of rotatable bonds is 3. The summed E-state index contributed by atoms with van der Waals surface area (Å²) in [7, 11) is 0. The molecule has 0 amide bonds. The average molecular weight is 270 g/mol. The zero-order valence-electron chi connectivity index (χ0n) is 8.74. The Bertz CT molecular complexity index is 581. The van der Waals surface area contributed by atoms with E-state index in [1.807, 2.05) is 0 Å². The van der Waals surface area contributed by atoms with E-state index in [1.165, 1.54) is 12.1 Å². The summed E-state index contributed by atoms with van der Waals surface area (Å²) in [4.78, 5) is 14.0. The van der Waals surface area contributed by atoms with Gasteiger partial charge in [-0.3, -0.25) is 4.79 Å². The van der Waals surface area contributed by atoms with Crippen LogP contribution in [0.5, 0.6) is 5.75 Å². The molecule has 0 radical (unpaired) electrons. The quantitative estimate of drug-likeness (QED) is 0.930. The highest BCUT2D eigenvalue weighted by Gasteiger charge is 2.03. The van der Waals surface area contributed by atoms with Crippen molar-refractivity contribution in [3.8, 4) is 5.75 Å². The van der Waals surface area contributed by atoms with E-state index >= 15 is 0 Å². The molecule has 17 heavy (non-hydrogen) atoms. The van der Waals surface area contributed by atoms with Crippen LogP contribution in [0, 0.1) is 0 Å². The lowest BCUT2D eigenvalue weighted by Crippen LogP contribution is -2.04. The van der Waals surface area contributed by atoms with Gasteiger partial charge in [-0.05, 0) is 18.2 Å². The Balaban J connectivity index is 2.10. The van der Waals surface area contributed by atoms with Gasteiger partial charge in [0.2, 0.25) is 0 Å². The number of aromatic amines is 1. The highest BCUT2D eigenvalue weighted by atomic mass is 35.5. The van der Waals surface area contributed by atoms with Gasteiger partial charge < -0.3 is 9.72 Å². The molecule has 3 nitrogen and oxygen atoms in total. The molecule has 2 rings (SSSR count). The third kappa shape index (κ3) is 3.25. The van der Waals surface area contributed by atoms with Gasteiger partial charge in [-0.1, -0.05) is 23.2 Å². The molecule has 1 N–H and O–H groups in total. The maximum Gasteiger partial charge on any atom is 0.181 e. The van der Waals surface area contributed by atoms with E-state index in [0.717, 1.165) is 0 Å². The summed E-state index contributed by atoms with van der Waals surface area (Å²) in [6.45, 7) is 0.247. The van der Waals surface area contributed by atoms with Crippen LogP contribution >= 0.6 is 23.2 Å². The van der Waals surface area contributed by atoms with Crippen LogP contribution in [-0.2, 0) is 6.61 Å². The number of halogens is 2. The normalized spacial score (nSPS) is 10.2. The molecule has 1 aromatic carbocycles. The fourth-order valence-corrected chi connectivity index (χ4v) is 1.79. The van der Waals surface area contributed by atoms with Crippen molar-refractivity contribution in [1.82, 2.24) is 4.98 Å². The van der Waals surface area contributed by atoms with Crippen LogP contribution < -0.4 is 10.2 Å². The second kappa shape index (κ2) is 5.25. The minimum atomic E-state index is -0.0652. The number of ether oxygens (including phenoxy) is 1. The Labute approximate surface area is 108 Å². The molecule has 0 saturated heterocycles. The van der Waals surface area contributed by atoms with Gasteiger partial charge in [-0.2, -0.15) is 0 Å². The second-order valence-corrected chi connectivity index (χ2v) is 4.26. The summed E-state index contributed by atoms with van der Waals surface area (Å²) >= 11 is 11.7. The van der Waals surface area contributed by atoms with Crippen molar-refractivity contribution >= 4 is 23.2 Å². The monoisotopic (exact) mass is 269 g/mol. The Morgan fingerprint density at radius 2 is 2.00 bits per heavy atom. The van der Waals surface area contributed by atoms with E-state index < -0.39 is 0 Å². The van der Waals surface area contributed by atoms with Crippen LogP contribution in [0.1, 0.15) is 5.69 Å². The van der Waals surface area contributed by atoms with E-state index in [2.05, 4.69) is 4.98 Å². The fraction of sp³-hybridized carbons (Fsp3) is 0.0833. The molecule has 1 aromatic heterocycles. The number of nitrogens with one attached hydrogen (secondary N) is 1. The predicted octanol–water partition coefficient (Wildman–Crippen LogP) is 3.26. The number of hydrogen-bond acceptors (Lipinski definition) is 2. The minimum Gasteiger partial charge on any atom is -0.486 e. The molecule has 5 heteroatoms. The lowest BCUT2D eigenvalue weighted by Gasteiger charge is -2.07. The zero-order chi connectivity index (χ0) is 12.3. The van der Waals surface area contributed by atoms with Crippen molar-refractivity contribution in [2.45, 2.75) is 6.61 Å². The molecule has 0 saturated carbocycles. The lowest BCUT2D eigenvalue weighted by molar-refractivity contribution is 0.301. The largest absolute Gasteiger partial charge is 0.486 e. The standard InChI is InChI=1S/C12H9Cl2NO2/c13-8-1-2-12(11(14)5-8)17-7-9-6-10(16)3-4-15-9/h1-6H,7H2,(H,15,16). The molecule has 0 aliphatic rings. The molecule has 2 aromatic rings. The van der Waals surface area contributed by atoms with Crippen LogP contribution in [0.2, 0.25) is 10.0 Å². The van der Waals surface area contributed by atoms with Gasteiger partial charge in [0, 0.05) is 23.4 Å². The van der Waals surface area contributed by atoms with E-state index in [0.29, 0.717) is 21.5 Å². The first kappa shape index (κ1) is 12.0. The van der Waals surface area contributed by atoms with Gasteiger partial charge in [0.05, 0.1) is 10.7 Å². The second-order valence-electron chi connectivity index (χ2n) is 3.41. The Kier molecular flexibility index (Phi) is 3.71. The molecule has 88 valence electrons. The first-order valence-electron chi connectivity index (χ1n) is 4.90. The van der Waals surface area contributed by atoms with Gasteiger partial charge in [-0.15, -0.1) is 0 Å². The summed E-state index contributed by atoms with van der Waals surface area (Å²) in [6.07, 6.45) is 1.57. The van der Waals surface area contributed by atoms with Gasteiger partial charge in [0.1, 0.15) is 12.4 Å². The smallest absolute Gasteiger partial charge is 0.181 e. The van der Waals surface area contributed by atoms with Gasteiger partial charge in [-0.25, -0.2) is 0 Å². The number of benzene rings is 1. The fourth-order valence-electron chi connectivity index (χ4n) is 1.32. The SMILES string of the molecule is O=c1cc[nH]c(COc2ccc(Cl)cc2Cl)c1. The summed E-state index contributed by atoms with van der Waals surface area (Å²) in [5.41, 5.74) is 0.619. The minimum absolute atomic E-state index is 0.0652. The molecule has 0 unspecified atom stereocenters. The molecule has 0 atom stereocenters. The number of hydrogen-bond donors (Lipinski definition) is 1. The molecule has 0 bridgehead atoms. The van der Waals surface area contributed by atoms with Crippen LogP contribution in [0.4, 0.5) is 0 Å². The van der Waals surface area contributed by atoms with E-state index in [1.54, 1.807) is 24.4 Å². The molecule has 0 aliphatic heterocycles. The van der Waals surface area contributed by atoms with Crippen molar-refractivity contribution in [2.24, 2.45) is 0 Å². The van der Waals surface area contributed by atoms with Crippen LogP contribution in [0.15, 0.2) is 41.3 Å². The number of pyridine rings is 1. The third-order valence-electron chi connectivity index (χ3n) is 2.11. The van der Waals surface area contributed by atoms with Crippen LogP contribution in [-0.4, -0.2) is 4.98 Å². The highest BCUT2D eigenvalue weighted by molar-refractivity contribution is 6.35. The maximum absolute atomic E-state index is 11.1. The Hall–Kier alpha value is -1.45. The number of aromatic nitrogens is 1. The lowest BCUT2D eigenvalue weighted by atomic mass is 10.3. The first-order valence-corrected chi connectivity index (χ1v) is 5.66. The average Bonchev–Trinajstić information content (AvgIpc) is 2.28. The Morgan fingerprint density at radius 3 is 2.71 bits per heavy atom. The van der Waals surface area contributed by atoms with E-state index in [9.17, 15) is 4.79 Å². The van der Waals surface area contributed by atoms with Gasteiger partial charge >= 0.3 is 0 Å². The third-order valence-corrected chi connectivity index (χ3v) is 2.64. The molecule has 0 spiro atoms. The summed E-state index contributed by atoms with van der Waals surface area (Å²) in [5, 5.41) is 0.992. The molecule has 1 heterocycles. The van der Waals surface area contributed by atoms with Crippen molar-refractivity contribution in [1.29, 1.82) is 0 Å². The molecule has 0 fully saturated rings. The maximum atomic E-state index is 11.1. The van der Waals surface area contributed by atoms with Crippen molar-refractivity contribution < 1.29 is 4.74 Å². The summed E-state index contributed by atoms with van der Waals surface area (Å²) < 4.78 is 5.47.